The van der Waals surface area contributed by atoms with Crippen molar-refractivity contribution in [1.29, 1.82) is 0 Å². The van der Waals surface area contributed by atoms with Crippen LogP contribution < -0.4 is 10.6 Å². The largest absolute Gasteiger partial charge is 0.358 e. The summed E-state index contributed by atoms with van der Waals surface area (Å²) >= 11 is 0. The fourth-order valence-electron chi connectivity index (χ4n) is 2.73. The molecule has 0 saturated carbocycles. The van der Waals surface area contributed by atoms with Gasteiger partial charge >= 0.3 is 0 Å². The molecule has 2 heterocycles. The zero-order chi connectivity index (χ0) is 13.7. The first-order valence-electron chi connectivity index (χ1n) is 7.30. The first-order chi connectivity index (χ1) is 9.20. The van der Waals surface area contributed by atoms with Gasteiger partial charge in [-0.1, -0.05) is 6.07 Å². The fourth-order valence-corrected chi connectivity index (χ4v) is 2.73. The molecule has 1 aliphatic rings. The lowest BCUT2D eigenvalue weighted by Gasteiger charge is -2.23. The first kappa shape index (κ1) is 14.3. The van der Waals surface area contributed by atoms with E-state index >= 15 is 0 Å². The summed E-state index contributed by atoms with van der Waals surface area (Å²) in [7, 11) is 2.13. The van der Waals surface area contributed by atoms with Gasteiger partial charge < -0.3 is 15.5 Å². The molecular weight excluding hydrogens is 236 g/mol. The molecule has 1 fully saturated rings. The Labute approximate surface area is 116 Å². The van der Waals surface area contributed by atoms with Crippen molar-refractivity contribution >= 4 is 5.82 Å². The Balaban J connectivity index is 1.92. The predicted molar refractivity (Wildman–Crippen MR) is 80.7 cm³/mol. The van der Waals surface area contributed by atoms with Crippen LogP contribution in [-0.2, 0) is 6.42 Å². The van der Waals surface area contributed by atoms with E-state index in [0.717, 1.165) is 25.3 Å². The Morgan fingerprint density at radius 3 is 2.74 bits per heavy atom. The minimum Gasteiger partial charge on any atom is -0.358 e. The maximum absolute atomic E-state index is 5.58. The zero-order valence-corrected chi connectivity index (χ0v) is 12.2. The number of hydrogen-bond donors (Lipinski definition) is 1. The van der Waals surface area contributed by atoms with Gasteiger partial charge in [-0.3, -0.25) is 0 Å². The quantitative estimate of drug-likeness (QED) is 0.842. The third kappa shape index (κ3) is 3.91. The molecule has 2 N–H and O–H groups in total. The van der Waals surface area contributed by atoms with Crippen molar-refractivity contribution in [3.63, 3.8) is 0 Å². The van der Waals surface area contributed by atoms with Crippen LogP contribution in [-0.4, -0.2) is 49.7 Å². The third-order valence-corrected chi connectivity index (χ3v) is 3.85. The highest BCUT2D eigenvalue weighted by atomic mass is 15.2. The molecule has 19 heavy (non-hydrogen) atoms. The summed E-state index contributed by atoms with van der Waals surface area (Å²) in [5.74, 6) is 1.10. The van der Waals surface area contributed by atoms with Crippen LogP contribution in [0.5, 0.6) is 0 Å². The molecule has 0 radical (unpaired) electrons. The number of pyridine rings is 1. The van der Waals surface area contributed by atoms with E-state index in [0.29, 0.717) is 6.54 Å². The second-order valence-corrected chi connectivity index (χ2v) is 5.49. The lowest BCUT2D eigenvalue weighted by molar-refractivity contribution is 0.346. The van der Waals surface area contributed by atoms with Gasteiger partial charge in [0.15, 0.2) is 0 Å². The summed E-state index contributed by atoms with van der Waals surface area (Å²) in [4.78, 5) is 9.39. The number of hydrogen-bond acceptors (Lipinski definition) is 4. The van der Waals surface area contributed by atoms with E-state index in [-0.39, 0.29) is 0 Å². The molecule has 0 bridgehead atoms. The molecule has 0 unspecified atom stereocenters. The molecule has 1 aromatic heterocycles. The maximum atomic E-state index is 5.58. The Kier molecular flexibility index (Phi) is 5.16. The van der Waals surface area contributed by atoms with Gasteiger partial charge in [0.2, 0.25) is 0 Å². The number of nitrogens with two attached hydrogens (primary N) is 1. The van der Waals surface area contributed by atoms with Crippen molar-refractivity contribution in [1.82, 2.24) is 9.88 Å². The highest BCUT2D eigenvalue weighted by Crippen LogP contribution is 2.17. The average molecular weight is 262 g/mol. The molecule has 1 saturated heterocycles. The molecule has 0 atom stereocenters. The van der Waals surface area contributed by atoms with E-state index in [1.165, 1.54) is 37.1 Å². The molecule has 1 aromatic rings. The van der Waals surface area contributed by atoms with Gasteiger partial charge in [0.25, 0.3) is 0 Å². The van der Waals surface area contributed by atoms with Crippen LogP contribution in [0.25, 0.3) is 0 Å². The molecule has 0 amide bonds. The molecule has 2 rings (SSSR count). The van der Waals surface area contributed by atoms with Gasteiger partial charge in [0.05, 0.1) is 0 Å². The Morgan fingerprint density at radius 2 is 2.11 bits per heavy atom. The van der Waals surface area contributed by atoms with E-state index in [4.69, 9.17) is 5.73 Å². The van der Waals surface area contributed by atoms with Crippen molar-refractivity contribution in [2.75, 3.05) is 44.7 Å². The summed E-state index contributed by atoms with van der Waals surface area (Å²) in [5.41, 5.74) is 8.06. The van der Waals surface area contributed by atoms with E-state index in [1.54, 1.807) is 0 Å². The number of likely N-dealkylation sites (N-methyl/N-ethyl adjacent to an activating group) is 1. The molecular formula is C15H26N4. The lowest BCUT2D eigenvalue weighted by Crippen LogP contribution is -2.32. The second-order valence-electron chi connectivity index (χ2n) is 5.49. The number of rotatable bonds is 6. The first-order valence-corrected chi connectivity index (χ1v) is 7.30. The van der Waals surface area contributed by atoms with Gasteiger partial charge in [-0.05, 0) is 56.9 Å². The highest BCUT2D eigenvalue weighted by molar-refractivity contribution is 5.46. The van der Waals surface area contributed by atoms with Crippen LogP contribution in [0, 0.1) is 6.92 Å². The second kappa shape index (κ2) is 6.87. The van der Waals surface area contributed by atoms with Gasteiger partial charge in [-0.25, -0.2) is 4.98 Å². The molecule has 1 aliphatic heterocycles. The van der Waals surface area contributed by atoms with Crippen LogP contribution in [0.15, 0.2) is 12.3 Å². The van der Waals surface area contributed by atoms with Crippen LogP contribution >= 0.6 is 0 Å². The Morgan fingerprint density at radius 1 is 1.37 bits per heavy atom. The SMILES string of the molecule is Cc1cc(CCN)cnc1N(C)CCN1CCCC1. The summed E-state index contributed by atoms with van der Waals surface area (Å²) in [6.45, 7) is 7.53. The third-order valence-electron chi connectivity index (χ3n) is 3.85. The normalized spacial score (nSPS) is 15.9. The van der Waals surface area contributed by atoms with E-state index in [9.17, 15) is 0 Å². The van der Waals surface area contributed by atoms with Crippen LogP contribution in [0.3, 0.4) is 0 Å². The minimum atomic E-state index is 0.686. The van der Waals surface area contributed by atoms with E-state index < -0.39 is 0 Å². The van der Waals surface area contributed by atoms with Crippen molar-refractivity contribution in [3.8, 4) is 0 Å². The van der Waals surface area contributed by atoms with Gasteiger partial charge in [0.1, 0.15) is 5.82 Å². The molecule has 4 nitrogen and oxygen atoms in total. The van der Waals surface area contributed by atoms with Crippen molar-refractivity contribution in [2.45, 2.75) is 26.2 Å². The molecule has 4 heteroatoms. The lowest BCUT2D eigenvalue weighted by atomic mass is 10.1. The van der Waals surface area contributed by atoms with Crippen LogP contribution in [0.1, 0.15) is 24.0 Å². The molecule has 0 aromatic carbocycles. The summed E-state index contributed by atoms with van der Waals surface area (Å²) < 4.78 is 0. The fraction of sp³-hybridized carbons (Fsp3) is 0.667. The monoisotopic (exact) mass is 262 g/mol. The predicted octanol–water partition coefficient (Wildman–Crippen LogP) is 1.42. The van der Waals surface area contributed by atoms with Crippen molar-refractivity contribution < 1.29 is 0 Å². The molecule has 0 aliphatic carbocycles. The van der Waals surface area contributed by atoms with Gasteiger partial charge in [-0.15, -0.1) is 0 Å². The van der Waals surface area contributed by atoms with Gasteiger partial charge in [-0.2, -0.15) is 0 Å². The Hall–Kier alpha value is -1.13. The standard InChI is InChI=1S/C15H26N4/c1-13-11-14(5-6-16)12-17-15(13)18(2)9-10-19-7-3-4-8-19/h11-12H,3-10,16H2,1-2H3. The van der Waals surface area contributed by atoms with Crippen molar-refractivity contribution in [2.24, 2.45) is 5.73 Å². The number of aromatic nitrogens is 1. The highest BCUT2D eigenvalue weighted by Gasteiger charge is 2.13. The smallest absolute Gasteiger partial charge is 0.131 e. The molecule has 0 spiro atoms. The average Bonchev–Trinajstić information content (AvgIpc) is 2.89. The molecule has 106 valence electrons. The zero-order valence-electron chi connectivity index (χ0n) is 12.2. The number of nitrogens with zero attached hydrogens (tertiary/aromatic N) is 3. The number of aryl methyl sites for hydroxylation is 1. The minimum absolute atomic E-state index is 0.686. The number of likely N-dealkylation sites (tertiary alicyclic amines) is 1. The number of anilines is 1. The van der Waals surface area contributed by atoms with E-state index in [1.807, 2.05) is 6.20 Å². The van der Waals surface area contributed by atoms with Crippen LogP contribution in [0.2, 0.25) is 0 Å². The Bertz CT molecular complexity index is 399. The summed E-state index contributed by atoms with van der Waals surface area (Å²) in [6, 6.07) is 2.21. The van der Waals surface area contributed by atoms with Crippen LogP contribution in [0.4, 0.5) is 5.82 Å². The summed E-state index contributed by atoms with van der Waals surface area (Å²) in [6.07, 6.45) is 5.58. The van der Waals surface area contributed by atoms with Crippen molar-refractivity contribution in [3.05, 3.63) is 23.4 Å². The van der Waals surface area contributed by atoms with Gasteiger partial charge in [0, 0.05) is 26.3 Å². The summed E-state index contributed by atoms with van der Waals surface area (Å²) in [5, 5.41) is 0. The maximum Gasteiger partial charge on any atom is 0.131 e. The van der Waals surface area contributed by atoms with E-state index in [2.05, 4.69) is 34.8 Å². The topological polar surface area (TPSA) is 45.4 Å².